The third-order valence-electron chi connectivity index (χ3n) is 6.78. The summed E-state index contributed by atoms with van der Waals surface area (Å²) in [4.78, 5) is 26.5. The highest BCUT2D eigenvalue weighted by Gasteiger charge is 2.46. The Kier molecular flexibility index (Phi) is 6.25. The smallest absolute Gasteiger partial charge is 0.411 e. The van der Waals surface area contributed by atoms with Crippen molar-refractivity contribution in [2.45, 2.75) is 56.9 Å². The fraction of sp³-hybridized carbons (Fsp3) is 0.440. The van der Waals surface area contributed by atoms with Crippen molar-refractivity contribution in [2.24, 2.45) is 0 Å². The van der Waals surface area contributed by atoms with Gasteiger partial charge in [-0.05, 0) is 74.8 Å². The molecule has 4 rings (SSSR count). The molecule has 2 aliphatic rings. The molecule has 0 unspecified atom stereocenters. The molecule has 0 radical (unpaired) electrons. The lowest BCUT2D eigenvalue weighted by Gasteiger charge is -2.44. The number of hydrogen-bond acceptors (Lipinski definition) is 3. The second-order valence-electron chi connectivity index (χ2n) is 8.72. The number of carbonyl (C=O) groups excluding carboxylic acids is 2. The van der Waals surface area contributed by atoms with Crippen LogP contribution in [-0.4, -0.2) is 35.6 Å². The molecule has 1 N–H and O–H groups in total. The first-order chi connectivity index (χ1) is 14.9. The van der Waals surface area contributed by atoms with Crippen LogP contribution in [0.4, 0.5) is 14.9 Å². The molecule has 2 amide bonds. The van der Waals surface area contributed by atoms with Crippen molar-refractivity contribution >= 4 is 17.7 Å². The van der Waals surface area contributed by atoms with Gasteiger partial charge in [0.05, 0.1) is 6.54 Å². The van der Waals surface area contributed by atoms with Gasteiger partial charge in [0, 0.05) is 17.6 Å². The maximum Gasteiger partial charge on any atom is 0.411 e. The molecule has 1 aliphatic carbocycles. The zero-order valence-electron chi connectivity index (χ0n) is 17.9. The number of anilines is 1. The average molecular weight is 425 g/mol. The van der Waals surface area contributed by atoms with Crippen LogP contribution in [0.5, 0.6) is 0 Å². The minimum Gasteiger partial charge on any atom is -0.447 e. The molecule has 1 spiro atoms. The van der Waals surface area contributed by atoms with E-state index >= 15 is 0 Å². The van der Waals surface area contributed by atoms with E-state index < -0.39 is 6.09 Å². The van der Waals surface area contributed by atoms with Crippen LogP contribution in [0.15, 0.2) is 48.5 Å². The molecule has 2 aromatic rings. The monoisotopic (exact) mass is 424 g/mol. The van der Waals surface area contributed by atoms with Crippen molar-refractivity contribution in [2.75, 3.05) is 18.5 Å². The standard InChI is InChI=1S/C25H29FN2O3/c1-18-2-4-19(5-3-18)20-10-13-25(14-11-20)15-12-23(29)28(25)16-17-31-24(30)27-22-8-6-21(26)7-9-22/h2-9,20H,10-17H2,1H3,(H,27,30). The van der Waals surface area contributed by atoms with Gasteiger partial charge in [-0.2, -0.15) is 0 Å². The predicted octanol–water partition coefficient (Wildman–Crippen LogP) is 5.40. The second-order valence-corrected chi connectivity index (χ2v) is 8.72. The number of nitrogens with one attached hydrogen (secondary N) is 1. The van der Waals surface area contributed by atoms with Crippen molar-refractivity contribution < 1.29 is 18.7 Å². The number of rotatable bonds is 5. The molecule has 164 valence electrons. The fourth-order valence-corrected chi connectivity index (χ4v) is 5.00. The average Bonchev–Trinajstić information content (AvgIpc) is 3.06. The number of hydrogen-bond donors (Lipinski definition) is 1. The van der Waals surface area contributed by atoms with Crippen LogP contribution in [0.2, 0.25) is 0 Å². The van der Waals surface area contributed by atoms with Crippen molar-refractivity contribution in [3.63, 3.8) is 0 Å². The van der Waals surface area contributed by atoms with Crippen molar-refractivity contribution in [1.29, 1.82) is 0 Å². The number of aryl methyl sites for hydroxylation is 1. The van der Waals surface area contributed by atoms with Crippen molar-refractivity contribution in [1.82, 2.24) is 4.90 Å². The Balaban J connectivity index is 1.29. The van der Waals surface area contributed by atoms with E-state index in [2.05, 4.69) is 36.5 Å². The quantitative estimate of drug-likeness (QED) is 0.699. The molecule has 1 saturated heterocycles. The van der Waals surface area contributed by atoms with E-state index in [1.165, 1.54) is 35.4 Å². The van der Waals surface area contributed by atoms with Gasteiger partial charge in [0.25, 0.3) is 0 Å². The molecule has 1 aliphatic heterocycles. The van der Waals surface area contributed by atoms with Gasteiger partial charge in [0.1, 0.15) is 12.4 Å². The van der Waals surface area contributed by atoms with E-state index in [-0.39, 0.29) is 23.9 Å². The van der Waals surface area contributed by atoms with Gasteiger partial charge < -0.3 is 9.64 Å². The van der Waals surface area contributed by atoms with Crippen molar-refractivity contribution in [3.05, 3.63) is 65.5 Å². The van der Waals surface area contributed by atoms with Gasteiger partial charge in [-0.15, -0.1) is 0 Å². The third-order valence-corrected chi connectivity index (χ3v) is 6.78. The number of amides is 2. The lowest BCUT2D eigenvalue weighted by Crippen LogP contribution is -2.49. The van der Waals surface area contributed by atoms with Gasteiger partial charge in [-0.3, -0.25) is 10.1 Å². The maximum atomic E-state index is 13.0. The zero-order chi connectivity index (χ0) is 21.8. The summed E-state index contributed by atoms with van der Waals surface area (Å²) in [7, 11) is 0. The Morgan fingerprint density at radius 2 is 1.77 bits per heavy atom. The maximum absolute atomic E-state index is 13.0. The molecule has 31 heavy (non-hydrogen) atoms. The van der Waals surface area contributed by atoms with Crippen LogP contribution in [0.1, 0.15) is 55.6 Å². The highest BCUT2D eigenvalue weighted by atomic mass is 19.1. The first-order valence-corrected chi connectivity index (χ1v) is 11.0. The van der Waals surface area contributed by atoms with Crippen molar-refractivity contribution in [3.8, 4) is 0 Å². The highest BCUT2D eigenvalue weighted by Crippen LogP contribution is 2.46. The summed E-state index contributed by atoms with van der Waals surface area (Å²) in [5, 5.41) is 2.57. The van der Waals surface area contributed by atoms with Gasteiger partial charge in [0.2, 0.25) is 5.91 Å². The molecule has 0 atom stereocenters. The SMILES string of the molecule is Cc1ccc(C2CCC3(CCC(=O)N3CCOC(=O)Nc3ccc(F)cc3)CC2)cc1. The summed E-state index contributed by atoms with van der Waals surface area (Å²) in [5.41, 5.74) is 3.02. The molecule has 2 aromatic carbocycles. The summed E-state index contributed by atoms with van der Waals surface area (Å²) in [6, 6.07) is 14.3. The summed E-state index contributed by atoms with van der Waals surface area (Å²) >= 11 is 0. The molecule has 6 heteroatoms. The van der Waals surface area contributed by atoms with Crippen LogP contribution < -0.4 is 5.32 Å². The Hall–Kier alpha value is -2.89. The third kappa shape index (κ3) is 4.89. The number of carbonyl (C=O) groups is 2. The second kappa shape index (κ2) is 9.08. The summed E-state index contributed by atoms with van der Waals surface area (Å²) in [6.07, 6.45) is 4.95. The van der Waals surface area contributed by atoms with Gasteiger partial charge in [0.15, 0.2) is 0 Å². The van der Waals surface area contributed by atoms with Crippen LogP contribution in [0.3, 0.4) is 0 Å². The minimum atomic E-state index is -0.601. The Morgan fingerprint density at radius 3 is 2.45 bits per heavy atom. The minimum absolute atomic E-state index is 0.102. The molecule has 1 heterocycles. The fourth-order valence-electron chi connectivity index (χ4n) is 5.00. The van der Waals surface area contributed by atoms with Crippen LogP contribution >= 0.6 is 0 Å². The molecule has 0 aromatic heterocycles. The van der Waals surface area contributed by atoms with E-state index in [0.717, 1.165) is 32.1 Å². The lowest BCUT2D eigenvalue weighted by atomic mass is 9.73. The van der Waals surface area contributed by atoms with E-state index in [9.17, 15) is 14.0 Å². The largest absolute Gasteiger partial charge is 0.447 e. The Bertz CT molecular complexity index is 919. The topological polar surface area (TPSA) is 58.6 Å². The van der Waals surface area contributed by atoms with Gasteiger partial charge in [-0.1, -0.05) is 29.8 Å². The highest BCUT2D eigenvalue weighted by molar-refractivity contribution is 5.84. The molecular weight excluding hydrogens is 395 g/mol. The van der Waals surface area contributed by atoms with Gasteiger partial charge in [-0.25, -0.2) is 9.18 Å². The number of benzene rings is 2. The normalized spacial score (nSPS) is 23.2. The first kappa shape index (κ1) is 21.3. The lowest BCUT2D eigenvalue weighted by molar-refractivity contribution is -0.132. The Labute approximate surface area is 182 Å². The van der Waals surface area contributed by atoms with Gasteiger partial charge >= 0.3 is 6.09 Å². The molecule has 5 nitrogen and oxygen atoms in total. The van der Waals surface area contributed by atoms with Crippen LogP contribution in [0, 0.1) is 12.7 Å². The number of ether oxygens (including phenoxy) is 1. The number of nitrogens with zero attached hydrogens (tertiary/aromatic N) is 1. The summed E-state index contributed by atoms with van der Waals surface area (Å²) < 4.78 is 18.2. The number of likely N-dealkylation sites (tertiary alicyclic amines) is 1. The molecule has 2 fully saturated rings. The van der Waals surface area contributed by atoms with E-state index in [4.69, 9.17) is 4.74 Å². The van der Waals surface area contributed by atoms with Crippen LogP contribution in [-0.2, 0) is 9.53 Å². The summed E-state index contributed by atoms with van der Waals surface area (Å²) in [6.45, 7) is 2.65. The zero-order valence-corrected chi connectivity index (χ0v) is 17.9. The molecule has 0 bridgehead atoms. The summed E-state index contributed by atoms with van der Waals surface area (Å²) in [5.74, 6) is 0.326. The van der Waals surface area contributed by atoms with E-state index in [0.29, 0.717) is 24.6 Å². The molecule has 1 saturated carbocycles. The predicted molar refractivity (Wildman–Crippen MR) is 117 cm³/mol. The van der Waals surface area contributed by atoms with E-state index in [1.807, 2.05) is 4.90 Å². The van der Waals surface area contributed by atoms with E-state index in [1.54, 1.807) is 0 Å². The number of halogens is 1. The van der Waals surface area contributed by atoms with Crippen LogP contribution in [0.25, 0.3) is 0 Å². The first-order valence-electron chi connectivity index (χ1n) is 11.0. The Morgan fingerprint density at radius 1 is 1.10 bits per heavy atom. The molecular formula is C25H29FN2O3.